The fourth-order valence-corrected chi connectivity index (χ4v) is 3.89. The molecule has 1 aliphatic heterocycles. The van der Waals surface area contributed by atoms with Crippen LogP contribution in [0, 0.1) is 5.82 Å². The molecule has 4 aromatic rings. The smallest absolute Gasteiger partial charge is 0.265 e. The van der Waals surface area contributed by atoms with Crippen LogP contribution in [0.4, 0.5) is 10.1 Å². The second kappa shape index (κ2) is 6.66. The molecule has 0 unspecified atom stereocenters. The first-order valence-corrected chi connectivity index (χ1v) is 9.58. The Morgan fingerprint density at radius 1 is 1.00 bits per heavy atom. The molecule has 148 valence electrons. The Morgan fingerprint density at radius 3 is 2.59 bits per heavy atom. The van der Waals surface area contributed by atoms with Crippen molar-refractivity contribution in [1.29, 1.82) is 0 Å². The minimum atomic E-state index is -0.462. The van der Waals surface area contributed by atoms with Gasteiger partial charge in [-0.1, -0.05) is 0 Å². The van der Waals surface area contributed by atoms with E-state index in [-0.39, 0.29) is 11.1 Å². The molecule has 2 aromatic heterocycles. The average Bonchev–Trinajstić information content (AvgIpc) is 3.10. The van der Waals surface area contributed by atoms with E-state index in [1.807, 2.05) is 18.2 Å². The molecule has 1 saturated heterocycles. The molecule has 3 heterocycles. The summed E-state index contributed by atoms with van der Waals surface area (Å²) < 4.78 is 17.5. The van der Waals surface area contributed by atoms with Crippen molar-refractivity contribution in [2.45, 2.75) is 0 Å². The highest BCUT2D eigenvalue weighted by Gasteiger charge is 2.16. The summed E-state index contributed by atoms with van der Waals surface area (Å²) in [5.74, 6) is -0.462. The van der Waals surface area contributed by atoms with Gasteiger partial charge in [0.25, 0.3) is 5.56 Å². The summed E-state index contributed by atoms with van der Waals surface area (Å²) >= 11 is 0. The summed E-state index contributed by atoms with van der Waals surface area (Å²) in [4.78, 5) is 22.2. The van der Waals surface area contributed by atoms with Crippen molar-refractivity contribution in [3.05, 3.63) is 59.0 Å². The molecule has 1 aliphatic rings. The predicted octanol–water partition coefficient (Wildman–Crippen LogP) is 2.16. The molecule has 0 saturated carbocycles. The lowest BCUT2D eigenvalue weighted by atomic mass is 10.1. The molecule has 2 aromatic carbocycles. The van der Waals surface area contributed by atoms with Gasteiger partial charge in [0.15, 0.2) is 5.82 Å². The van der Waals surface area contributed by atoms with Gasteiger partial charge in [0.05, 0.1) is 16.6 Å². The number of hydrogen-bond donors (Lipinski definition) is 0. The van der Waals surface area contributed by atoms with E-state index in [9.17, 15) is 9.18 Å². The number of hydrogen-bond acceptors (Lipinski definition) is 5. The van der Waals surface area contributed by atoms with Gasteiger partial charge in [0.1, 0.15) is 11.8 Å². The zero-order valence-corrected chi connectivity index (χ0v) is 16.3. The summed E-state index contributed by atoms with van der Waals surface area (Å²) in [7, 11) is 3.85. The summed E-state index contributed by atoms with van der Waals surface area (Å²) in [5, 5.41) is 5.28. The number of aryl methyl sites for hydroxylation is 1. The molecule has 7 nitrogen and oxygen atoms in total. The molecule has 8 heteroatoms. The fraction of sp³-hybridized carbons (Fsp3) is 0.286. The third-order valence-electron chi connectivity index (χ3n) is 5.55. The van der Waals surface area contributed by atoms with Gasteiger partial charge < -0.3 is 9.80 Å². The Kier molecular flexibility index (Phi) is 4.09. The molecule has 0 radical (unpaired) electrons. The third-order valence-corrected chi connectivity index (χ3v) is 5.55. The molecule has 1 fully saturated rings. The summed E-state index contributed by atoms with van der Waals surface area (Å²) in [5.41, 5.74) is 2.15. The second-order valence-corrected chi connectivity index (χ2v) is 7.58. The topological polar surface area (TPSA) is 59.2 Å². The second-order valence-electron chi connectivity index (χ2n) is 7.58. The minimum Gasteiger partial charge on any atom is -0.369 e. The monoisotopic (exact) mass is 392 g/mol. The maximum Gasteiger partial charge on any atom is 0.265 e. The van der Waals surface area contributed by atoms with Crippen LogP contribution < -0.4 is 10.5 Å². The number of piperazine rings is 1. The summed E-state index contributed by atoms with van der Waals surface area (Å²) in [6.45, 7) is 3.80. The van der Waals surface area contributed by atoms with E-state index in [1.165, 1.54) is 17.0 Å². The van der Waals surface area contributed by atoms with E-state index in [1.54, 1.807) is 24.0 Å². The van der Waals surface area contributed by atoms with Crippen LogP contribution >= 0.6 is 0 Å². The molecule has 0 atom stereocenters. The highest BCUT2D eigenvalue weighted by molar-refractivity contribution is 5.83. The number of fused-ring (bicyclic) bond motifs is 2. The first-order chi connectivity index (χ1) is 14.0. The highest BCUT2D eigenvalue weighted by Crippen LogP contribution is 2.23. The van der Waals surface area contributed by atoms with Gasteiger partial charge >= 0.3 is 0 Å². The van der Waals surface area contributed by atoms with Crippen LogP contribution in [0.25, 0.3) is 27.5 Å². The number of benzene rings is 2. The molecule has 29 heavy (non-hydrogen) atoms. The van der Waals surface area contributed by atoms with E-state index in [0.29, 0.717) is 22.0 Å². The largest absolute Gasteiger partial charge is 0.369 e. The molecular formula is C21H21FN6O. The maximum atomic E-state index is 14.5. The molecular weight excluding hydrogens is 371 g/mol. The number of nitrogens with zero attached hydrogens (tertiary/aromatic N) is 6. The Bertz CT molecular complexity index is 1290. The lowest BCUT2D eigenvalue weighted by Crippen LogP contribution is -2.44. The van der Waals surface area contributed by atoms with Crippen molar-refractivity contribution < 1.29 is 4.39 Å². The van der Waals surface area contributed by atoms with Crippen molar-refractivity contribution in [3.63, 3.8) is 0 Å². The van der Waals surface area contributed by atoms with E-state index < -0.39 is 5.82 Å². The number of aromatic nitrogens is 4. The predicted molar refractivity (Wildman–Crippen MR) is 111 cm³/mol. The first kappa shape index (κ1) is 17.8. The van der Waals surface area contributed by atoms with Crippen LogP contribution in [0.15, 0.2) is 47.7 Å². The van der Waals surface area contributed by atoms with Crippen LogP contribution in [0.2, 0.25) is 0 Å². The van der Waals surface area contributed by atoms with Crippen molar-refractivity contribution in [3.8, 4) is 5.69 Å². The zero-order chi connectivity index (χ0) is 20.1. The molecule has 0 amide bonds. The Labute approximate surface area is 166 Å². The number of anilines is 1. The SMILES string of the molecule is CN1CCN(c2ccc3ncn(-c4cc(F)c5nn(C)cc5c4)c(=O)c3c2)CC1. The summed E-state index contributed by atoms with van der Waals surface area (Å²) in [6, 6.07) is 8.86. The van der Waals surface area contributed by atoms with Crippen molar-refractivity contribution in [2.75, 3.05) is 38.1 Å². The quantitative estimate of drug-likeness (QED) is 0.523. The number of rotatable bonds is 2. The normalized spacial score (nSPS) is 15.5. The summed E-state index contributed by atoms with van der Waals surface area (Å²) in [6.07, 6.45) is 3.18. The third kappa shape index (κ3) is 3.05. The van der Waals surface area contributed by atoms with E-state index in [0.717, 1.165) is 31.9 Å². The van der Waals surface area contributed by atoms with Crippen molar-refractivity contribution in [1.82, 2.24) is 24.2 Å². The van der Waals surface area contributed by atoms with E-state index >= 15 is 0 Å². The maximum absolute atomic E-state index is 14.5. The van der Waals surface area contributed by atoms with Crippen LogP contribution in [0.1, 0.15) is 0 Å². The highest BCUT2D eigenvalue weighted by atomic mass is 19.1. The Hall–Kier alpha value is -3.26. The van der Waals surface area contributed by atoms with Gasteiger partial charge in [0.2, 0.25) is 0 Å². The van der Waals surface area contributed by atoms with E-state index in [2.05, 4.69) is 26.9 Å². The molecule has 0 aliphatic carbocycles. The Morgan fingerprint density at radius 2 is 1.79 bits per heavy atom. The molecule has 0 spiro atoms. The van der Waals surface area contributed by atoms with Crippen LogP contribution in [0.3, 0.4) is 0 Å². The molecule has 0 bridgehead atoms. The zero-order valence-electron chi connectivity index (χ0n) is 16.3. The van der Waals surface area contributed by atoms with Crippen LogP contribution in [-0.2, 0) is 7.05 Å². The molecule has 5 rings (SSSR count). The average molecular weight is 392 g/mol. The van der Waals surface area contributed by atoms with E-state index in [4.69, 9.17) is 0 Å². The lowest BCUT2D eigenvalue weighted by Gasteiger charge is -2.34. The van der Waals surface area contributed by atoms with Crippen molar-refractivity contribution >= 4 is 27.5 Å². The van der Waals surface area contributed by atoms with Gasteiger partial charge in [0, 0.05) is 56.6 Å². The Balaban J connectivity index is 1.62. The lowest BCUT2D eigenvalue weighted by molar-refractivity contribution is 0.313. The van der Waals surface area contributed by atoms with Crippen molar-refractivity contribution in [2.24, 2.45) is 7.05 Å². The van der Waals surface area contributed by atoms with Gasteiger partial charge in [-0.05, 0) is 31.3 Å². The number of halogens is 1. The van der Waals surface area contributed by atoms with Crippen LogP contribution in [-0.4, -0.2) is 57.5 Å². The first-order valence-electron chi connectivity index (χ1n) is 9.58. The van der Waals surface area contributed by atoms with Gasteiger partial charge in [-0.15, -0.1) is 0 Å². The van der Waals surface area contributed by atoms with Gasteiger partial charge in [-0.2, -0.15) is 5.10 Å². The van der Waals surface area contributed by atoms with Gasteiger partial charge in [-0.3, -0.25) is 14.0 Å². The standard InChI is InChI=1S/C21H21FN6O/c1-25-5-7-27(8-6-25)15-3-4-19-17(10-15)21(29)28(13-23-19)16-9-14-12-26(2)24-20(14)18(22)11-16/h3-4,9-13H,5-8H2,1-2H3. The number of likely N-dealkylation sites (N-methyl/N-ethyl adjacent to an activating group) is 1. The van der Waals surface area contributed by atoms with Crippen LogP contribution in [0.5, 0.6) is 0 Å². The van der Waals surface area contributed by atoms with Gasteiger partial charge in [-0.25, -0.2) is 9.37 Å². The fourth-order valence-electron chi connectivity index (χ4n) is 3.89. The molecule has 0 N–H and O–H groups in total. The minimum absolute atomic E-state index is 0.214.